The minimum absolute atomic E-state index is 0.118. The molecule has 0 aromatic carbocycles. The molecule has 100 valence electrons. The second-order valence-electron chi connectivity index (χ2n) is 4.56. The van der Waals surface area contributed by atoms with Gasteiger partial charge in [-0.1, -0.05) is 13.3 Å². The highest BCUT2D eigenvalue weighted by atomic mass is 32.2. The van der Waals surface area contributed by atoms with E-state index in [1.165, 1.54) is 6.92 Å². The summed E-state index contributed by atoms with van der Waals surface area (Å²) in [6.07, 6.45) is 1.92. The van der Waals surface area contributed by atoms with E-state index in [9.17, 15) is 13.2 Å². The molecule has 0 spiro atoms. The van der Waals surface area contributed by atoms with Crippen LogP contribution in [0.25, 0.3) is 0 Å². The summed E-state index contributed by atoms with van der Waals surface area (Å²) >= 11 is 0. The number of amides is 1. The highest BCUT2D eigenvalue weighted by Gasteiger charge is 2.38. The number of hydrogen-bond acceptors (Lipinski definition) is 4. The van der Waals surface area contributed by atoms with E-state index in [1.54, 1.807) is 0 Å². The lowest BCUT2D eigenvalue weighted by Gasteiger charge is -2.03. The topological polar surface area (TPSA) is 118 Å². The number of aromatic nitrogens is 2. The van der Waals surface area contributed by atoms with Crippen LogP contribution in [0.3, 0.4) is 0 Å². The number of nitrogens with zero attached hydrogens (tertiary/aromatic N) is 1. The fraction of sp³-hybridized carbons (Fsp3) is 0.600. The largest absolute Gasteiger partial charge is 0.348 e. The van der Waals surface area contributed by atoms with Gasteiger partial charge < -0.3 is 5.32 Å². The summed E-state index contributed by atoms with van der Waals surface area (Å²) in [5.74, 6) is -0.0174. The van der Waals surface area contributed by atoms with Crippen molar-refractivity contribution in [2.24, 2.45) is 11.1 Å². The molecule has 18 heavy (non-hydrogen) atoms. The summed E-state index contributed by atoms with van der Waals surface area (Å²) < 4.78 is 22.8. The average Bonchev–Trinajstić information content (AvgIpc) is 2.88. The van der Waals surface area contributed by atoms with Gasteiger partial charge in [-0.3, -0.25) is 9.89 Å². The number of rotatable bonds is 4. The maximum absolute atomic E-state index is 11.9. The van der Waals surface area contributed by atoms with E-state index in [0.29, 0.717) is 5.92 Å². The molecule has 8 heteroatoms. The van der Waals surface area contributed by atoms with Crippen molar-refractivity contribution in [1.82, 2.24) is 15.5 Å². The van der Waals surface area contributed by atoms with Crippen LogP contribution in [-0.2, 0) is 10.0 Å². The molecule has 0 aliphatic heterocycles. The average molecular weight is 272 g/mol. The molecule has 0 saturated heterocycles. The molecule has 2 unspecified atom stereocenters. The predicted molar refractivity (Wildman–Crippen MR) is 64.4 cm³/mol. The van der Waals surface area contributed by atoms with Crippen molar-refractivity contribution in [3.05, 3.63) is 11.4 Å². The smallest absolute Gasteiger partial charge is 0.273 e. The molecule has 7 nitrogen and oxygen atoms in total. The third-order valence-corrected chi connectivity index (χ3v) is 4.22. The molecule has 1 aliphatic rings. The van der Waals surface area contributed by atoms with E-state index in [-0.39, 0.29) is 22.3 Å². The molecule has 1 aromatic rings. The van der Waals surface area contributed by atoms with Crippen molar-refractivity contribution in [2.45, 2.75) is 37.6 Å². The van der Waals surface area contributed by atoms with Crippen LogP contribution < -0.4 is 10.5 Å². The number of aryl methyl sites for hydroxylation is 1. The van der Waals surface area contributed by atoms with Crippen LogP contribution in [0.1, 0.15) is 35.9 Å². The van der Waals surface area contributed by atoms with Crippen molar-refractivity contribution >= 4 is 15.9 Å². The second-order valence-corrected chi connectivity index (χ2v) is 6.05. The van der Waals surface area contributed by atoms with E-state index in [2.05, 4.69) is 15.5 Å². The van der Waals surface area contributed by atoms with Crippen LogP contribution in [0.5, 0.6) is 0 Å². The number of carbonyl (C=O) groups is 1. The Labute approximate surface area is 105 Å². The van der Waals surface area contributed by atoms with Crippen LogP contribution in [0.4, 0.5) is 0 Å². The molecule has 1 aliphatic carbocycles. The number of sulfonamides is 1. The number of hydrogen-bond donors (Lipinski definition) is 3. The lowest BCUT2D eigenvalue weighted by Crippen LogP contribution is -2.29. The third-order valence-electron chi connectivity index (χ3n) is 3.15. The van der Waals surface area contributed by atoms with Gasteiger partial charge in [0.1, 0.15) is 4.90 Å². The van der Waals surface area contributed by atoms with Crippen LogP contribution in [0.2, 0.25) is 0 Å². The third kappa shape index (κ3) is 2.39. The maximum atomic E-state index is 11.9. The molecular weight excluding hydrogens is 256 g/mol. The summed E-state index contributed by atoms with van der Waals surface area (Å²) in [6, 6.07) is 0.118. The molecule has 1 amide bonds. The van der Waals surface area contributed by atoms with Gasteiger partial charge in [0.15, 0.2) is 5.69 Å². The van der Waals surface area contributed by atoms with Crippen LogP contribution in [0.15, 0.2) is 4.90 Å². The molecule has 1 aromatic heterocycles. The van der Waals surface area contributed by atoms with Gasteiger partial charge >= 0.3 is 0 Å². The van der Waals surface area contributed by atoms with E-state index in [0.717, 1.165) is 12.8 Å². The number of nitrogens with one attached hydrogen (secondary N) is 2. The van der Waals surface area contributed by atoms with Crippen molar-refractivity contribution in [2.75, 3.05) is 0 Å². The monoisotopic (exact) mass is 272 g/mol. The zero-order chi connectivity index (χ0) is 13.5. The van der Waals surface area contributed by atoms with E-state index in [1.807, 2.05) is 6.92 Å². The first kappa shape index (κ1) is 13.0. The summed E-state index contributed by atoms with van der Waals surface area (Å²) in [7, 11) is -3.95. The molecule has 1 fully saturated rings. The van der Waals surface area contributed by atoms with Gasteiger partial charge in [0.2, 0.25) is 10.0 Å². The van der Waals surface area contributed by atoms with Gasteiger partial charge in [0.05, 0.1) is 5.69 Å². The first-order chi connectivity index (χ1) is 8.34. The Balaban J connectivity index is 2.22. The summed E-state index contributed by atoms with van der Waals surface area (Å²) in [4.78, 5) is 11.7. The summed E-state index contributed by atoms with van der Waals surface area (Å²) in [6.45, 7) is 3.56. The van der Waals surface area contributed by atoms with Gasteiger partial charge in [0.25, 0.3) is 5.91 Å². The zero-order valence-electron chi connectivity index (χ0n) is 10.2. The highest BCUT2D eigenvalue weighted by Crippen LogP contribution is 2.33. The molecule has 4 N–H and O–H groups in total. The first-order valence-corrected chi connectivity index (χ1v) is 7.27. The fourth-order valence-corrected chi connectivity index (χ4v) is 2.91. The Morgan fingerprint density at radius 1 is 1.61 bits per heavy atom. The number of aromatic amines is 1. The summed E-state index contributed by atoms with van der Waals surface area (Å²) in [5.41, 5.74) is 0.113. The normalized spacial score (nSPS) is 22.8. The van der Waals surface area contributed by atoms with Gasteiger partial charge in [-0.2, -0.15) is 5.10 Å². The molecule has 1 heterocycles. The van der Waals surface area contributed by atoms with Crippen molar-refractivity contribution in [3.63, 3.8) is 0 Å². The first-order valence-electron chi connectivity index (χ1n) is 5.73. The standard InChI is InChI=1S/C10H16N4O3S/c1-3-6-4-7(6)12-10(15)8-9(18(11,16)17)5(2)13-14-8/h6-7H,3-4H2,1-2H3,(H,12,15)(H,13,14)(H2,11,16,17). The molecule has 0 radical (unpaired) electrons. The predicted octanol–water partition coefficient (Wildman–Crippen LogP) is -0.106. The van der Waals surface area contributed by atoms with Gasteiger partial charge in [-0.15, -0.1) is 0 Å². The molecule has 2 atom stereocenters. The summed E-state index contributed by atoms with van der Waals surface area (Å²) in [5, 5.41) is 14.0. The SMILES string of the molecule is CCC1CC1NC(=O)c1n[nH]c(C)c1S(N)(=O)=O. The Morgan fingerprint density at radius 3 is 2.78 bits per heavy atom. The minimum atomic E-state index is -3.95. The molecule has 1 saturated carbocycles. The van der Waals surface area contributed by atoms with Gasteiger partial charge in [-0.05, 0) is 19.3 Å². The van der Waals surface area contributed by atoms with Crippen LogP contribution >= 0.6 is 0 Å². The fourth-order valence-electron chi connectivity index (χ4n) is 2.03. The van der Waals surface area contributed by atoms with Gasteiger partial charge in [0, 0.05) is 6.04 Å². The minimum Gasteiger partial charge on any atom is -0.348 e. The zero-order valence-corrected chi connectivity index (χ0v) is 11.0. The number of H-pyrrole nitrogens is 1. The van der Waals surface area contributed by atoms with E-state index < -0.39 is 15.9 Å². The lowest BCUT2D eigenvalue weighted by molar-refractivity contribution is 0.0940. The van der Waals surface area contributed by atoms with E-state index >= 15 is 0 Å². The number of primary sulfonamides is 1. The Bertz CT molecular complexity index is 578. The van der Waals surface area contributed by atoms with E-state index in [4.69, 9.17) is 5.14 Å². The number of nitrogens with two attached hydrogens (primary N) is 1. The van der Waals surface area contributed by atoms with Crippen molar-refractivity contribution in [3.8, 4) is 0 Å². The molecule has 2 rings (SSSR count). The quantitative estimate of drug-likeness (QED) is 0.708. The number of carbonyl (C=O) groups excluding carboxylic acids is 1. The Hall–Kier alpha value is -1.41. The second kappa shape index (κ2) is 4.36. The van der Waals surface area contributed by atoms with Gasteiger partial charge in [-0.25, -0.2) is 13.6 Å². The lowest BCUT2D eigenvalue weighted by atomic mass is 10.3. The highest BCUT2D eigenvalue weighted by molar-refractivity contribution is 7.89. The van der Waals surface area contributed by atoms with Crippen LogP contribution in [-0.4, -0.2) is 30.6 Å². The molecular formula is C10H16N4O3S. The molecule has 0 bridgehead atoms. The maximum Gasteiger partial charge on any atom is 0.273 e. The Kier molecular flexibility index (Phi) is 3.16. The van der Waals surface area contributed by atoms with Crippen molar-refractivity contribution in [1.29, 1.82) is 0 Å². The Morgan fingerprint density at radius 2 is 2.28 bits per heavy atom. The van der Waals surface area contributed by atoms with Crippen LogP contribution in [0, 0.1) is 12.8 Å². The van der Waals surface area contributed by atoms with Crippen molar-refractivity contribution < 1.29 is 13.2 Å².